The maximum absolute atomic E-state index is 13.1. The molecule has 0 bridgehead atoms. The Morgan fingerprint density at radius 3 is 2.37 bits per heavy atom. The Kier molecular flexibility index (Phi) is 5.17. The fraction of sp³-hybridized carbons (Fsp3) is 0.304. The van der Waals surface area contributed by atoms with E-state index in [-0.39, 0.29) is 11.8 Å². The molecule has 0 unspecified atom stereocenters. The smallest absolute Gasteiger partial charge is 0.337 e. The molecule has 0 N–H and O–H groups in total. The zero-order chi connectivity index (χ0) is 19.6. The van der Waals surface area contributed by atoms with Gasteiger partial charge >= 0.3 is 5.97 Å². The normalized spacial score (nSPS) is 14.1. The summed E-state index contributed by atoms with van der Waals surface area (Å²) in [5, 5.41) is 0. The van der Waals surface area contributed by atoms with Crippen molar-refractivity contribution in [2.75, 3.05) is 18.6 Å². The van der Waals surface area contributed by atoms with E-state index >= 15 is 0 Å². The molecule has 1 heterocycles. The van der Waals surface area contributed by atoms with E-state index in [0.29, 0.717) is 11.1 Å². The van der Waals surface area contributed by atoms with Gasteiger partial charge in [-0.3, -0.25) is 4.79 Å². The maximum atomic E-state index is 13.1. The number of anilines is 1. The van der Waals surface area contributed by atoms with Crippen molar-refractivity contribution in [3.8, 4) is 0 Å². The number of carbonyl (C=O) groups excluding carboxylic acids is 2. The molecule has 4 nitrogen and oxygen atoms in total. The van der Waals surface area contributed by atoms with Crippen LogP contribution in [0.25, 0.3) is 5.57 Å². The third kappa shape index (κ3) is 3.95. The van der Waals surface area contributed by atoms with Gasteiger partial charge in [-0.25, -0.2) is 4.79 Å². The van der Waals surface area contributed by atoms with Crippen LogP contribution in [0.3, 0.4) is 0 Å². The lowest BCUT2D eigenvalue weighted by Crippen LogP contribution is -2.24. The van der Waals surface area contributed by atoms with Gasteiger partial charge in [-0.1, -0.05) is 51.1 Å². The zero-order valence-corrected chi connectivity index (χ0v) is 16.3. The highest BCUT2D eigenvalue weighted by molar-refractivity contribution is 6.23. The highest BCUT2D eigenvalue weighted by Gasteiger charge is 2.28. The lowest BCUT2D eigenvalue weighted by Gasteiger charge is -2.22. The number of fused-ring (bicyclic) bond motifs is 1. The van der Waals surface area contributed by atoms with E-state index in [9.17, 15) is 9.59 Å². The Bertz CT molecular complexity index is 892. The molecule has 4 heteroatoms. The molecule has 0 radical (unpaired) electrons. The van der Waals surface area contributed by atoms with E-state index in [2.05, 4.69) is 4.90 Å². The van der Waals surface area contributed by atoms with Gasteiger partial charge in [0.2, 0.25) is 0 Å². The molecule has 2 aromatic rings. The van der Waals surface area contributed by atoms with E-state index in [1.165, 1.54) is 7.11 Å². The molecule has 27 heavy (non-hydrogen) atoms. The number of rotatable bonds is 4. The second-order valence-electron chi connectivity index (χ2n) is 7.77. The average Bonchev–Trinajstić information content (AvgIpc) is 3.07. The van der Waals surface area contributed by atoms with E-state index < -0.39 is 5.41 Å². The van der Waals surface area contributed by atoms with Crippen LogP contribution in [-0.2, 0) is 16.0 Å². The van der Waals surface area contributed by atoms with Crippen LogP contribution in [-0.4, -0.2) is 25.4 Å². The largest absolute Gasteiger partial charge is 0.465 e. The summed E-state index contributed by atoms with van der Waals surface area (Å²) >= 11 is 0. The van der Waals surface area contributed by atoms with Crippen molar-refractivity contribution in [3.63, 3.8) is 0 Å². The summed E-state index contributed by atoms with van der Waals surface area (Å²) in [6, 6.07) is 15.3. The summed E-state index contributed by atoms with van der Waals surface area (Å²) < 4.78 is 4.81. The fourth-order valence-corrected chi connectivity index (χ4v) is 3.25. The van der Waals surface area contributed by atoms with Gasteiger partial charge in [-0.15, -0.1) is 0 Å². The predicted molar refractivity (Wildman–Crippen MR) is 108 cm³/mol. The molecule has 140 valence electrons. The van der Waals surface area contributed by atoms with Crippen LogP contribution in [0.1, 0.15) is 42.3 Å². The molecule has 0 saturated heterocycles. The van der Waals surface area contributed by atoms with Crippen molar-refractivity contribution in [2.24, 2.45) is 5.41 Å². The summed E-state index contributed by atoms with van der Waals surface area (Å²) in [5.74, 6) is -0.229. The predicted octanol–water partition coefficient (Wildman–Crippen LogP) is 4.49. The Labute approximate surface area is 160 Å². The minimum Gasteiger partial charge on any atom is -0.465 e. The van der Waals surface area contributed by atoms with E-state index in [1.54, 1.807) is 6.07 Å². The summed E-state index contributed by atoms with van der Waals surface area (Å²) in [4.78, 5) is 27.0. The number of nitrogens with zero attached hydrogens (tertiary/aromatic N) is 1. The SMILES string of the molecule is COC(=O)c1ccc2c(c1)CCN2/C=C(/C(=O)C(C)(C)C)c1ccccc1. The molecule has 0 fully saturated rings. The topological polar surface area (TPSA) is 46.6 Å². The second-order valence-corrected chi connectivity index (χ2v) is 7.77. The van der Waals surface area contributed by atoms with Crippen molar-refractivity contribution in [2.45, 2.75) is 27.2 Å². The Hall–Kier alpha value is -2.88. The highest BCUT2D eigenvalue weighted by Crippen LogP contribution is 2.33. The molecule has 0 atom stereocenters. The number of esters is 1. The van der Waals surface area contributed by atoms with Crippen LogP contribution in [0.15, 0.2) is 54.7 Å². The number of ketones is 1. The maximum Gasteiger partial charge on any atom is 0.337 e. The zero-order valence-electron chi connectivity index (χ0n) is 16.3. The molecular weight excluding hydrogens is 338 g/mol. The van der Waals surface area contributed by atoms with Gasteiger partial charge < -0.3 is 9.64 Å². The first-order chi connectivity index (χ1) is 12.8. The lowest BCUT2D eigenvalue weighted by molar-refractivity contribution is -0.120. The summed E-state index contributed by atoms with van der Waals surface area (Å²) in [7, 11) is 1.38. The molecule has 0 spiro atoms. The second kappa shape index (κ2) is 7.39. The standard InChI is InChI=1S/C23H25NO3/c1-23(2,3)21(25)19(16-8-6-5-7-9-16)15-24-13-12-17-14-18(22(26)27-4)10-11-20(17)24/h5-11,14-15H,12-13H2,1-4H3/b19-15+. The minimum atomic E-state index is -0.473. The Balaban J connectivity index is 2.01. The van der Waals surface area contributed by atoms with Crippen LogP contribution in [0.4, 0.5) is 5.69 Å². The van der Waals surface area contributed by atoms with Crippen LogP contribution < -0.4 is 4.90 Å². The highest BCUT2D eigenvalue weighted by atomic mass is 16.5. The molecule has 3 rings (SSSR count). The number of carbonyl (C=O) groups is 2. The third-order valence-electron chi connectivity index (χ3n) is 4.73. The first-order valence-corrected chi connectivity index (χ1v) is 9.11. The molecule has 1 aliphatic heterocycles. The monoisotopic (exact) mass is 363 g/mol. The first kappa shape index (κ1) is 18.9. The molecule has 0 aliphatic carbocycles. The van der Waals surface area contributed by atoms with Gasteiger partial charge in [-0.05, 0) is 35.7 Å². The molecule has 1 aliphatic rings. The van der Waals surface area contributed by atoms with Gasteiger partial charge in [-0.2, -0.15) is 0 Å². The summed E-state index contributed by atoms with van der Waals surface area (Å²) in [6.07, 6.45) is 2.77. The van der Waals surface area contributed by atoms with Crippen molar-refractivity contribution < 1.29 is 14.3 Å². The van der Waals surface area contributed by atoms with Crippen molar-refractivity contribution in [1.82, 2.24) is 0 Å². The van der Waals surface area contributed by atoms with Crippen molar-refractivity contribution in [3.05, 3.63) is 71.4 Å². The molecule has 0 aromatic heterocycles. The Morgan fingerprint density at radius 2 is 1.74 bits per heavy atom. The van der Waals surface area contributed by atoms with Gasteiger partial charge in [0.1, 0.15) is 0 Å². The van der Waals surface area contributed by atoms with Gasteiger partial charge in [0.25, 0.3) is 0 Å². The van der Waals surface area contributed by atoms with Gasteiger partial charge in [0.05, 0.1) is 12.7 Å². The van der Waals surface area contributed by atoms with Crippen LogP contribution >= 0.6 is 0 Å². The molecular formula is C23H25NO3. The number of ether oxygens (including phenoxy) is 1. The minimum absolute atomic E-state index is 0.105. The van der Waals surface area contributed by atoms with E-state index in [1.807, 2.05) is 69.4 Å². The first-order valence-electron chi connectivity index (χ1n) is 9.11. The fourth-order valence-electron chi connectivity index (χ4n) is 3.25. The Morgan fingerprint density at radius 1 is 1.04 bits per heavy atom. The summed E-state index contributed by atoms with van der Waals surface area (Å²) in [6.45, 7) is 6.58. The average molecular weight is 363 g/mol. The number of benzene rings is 2. The number of allylic oxidation sites excluding steroid dienone is 1. The third-order valence-corrected chi connectivity index (χ3v) is 4.73. The number of hydrogen-bond acceptors (Lipinski definition) is 4. The van der Waals surface area contributed by atoms with E-state index in [4.69, 9.17) is 4.74 Å². The summed E-state index contributed by atoms with van der Waals surface area (Å²) in [5.41, 5.74) is 3.81. The van der Waals surface area contributed by atoms with Gasteiger partial charge in [0, 0.05) is 29.4 Å². The van der Waals surface area contributed by atoms with Crippen molar-refractivity contribution >= 4 is 23.0 Å². The van der Waals surface area contributed by atoms with Crippen molar-refractivity contribution in [1.29, 1.82) is 0 Å². The molecule has 0 saturated carbocycles. The van der Waals surface area contributed by atoms with Crippen LogP contribution in [0, 0.1) is 5.41 Å². The lowest BCUT2D eigenvalue weighted by atomic mass is 9.84. The van der Waals surface area contributed by atoms with E-state index in [0.717, 1.165) is 29.8 Å². The van der Waals surface area contributed by atoms with Gasteiger partial charge in [0.15, 0.2) is 5.78 Å². The van der Waals surface area contributed by atoms with Crippen LogP contribution in [0.5, 0.6) is 0 Å². The quantitative estimate of drug-likeness (QED) is 0.593. The molecule has 0 amide bonds. The van der Waals surface area contributed by atoms with Crippen LogP contribution in [0.2, 0.25) is 0 Å². The number of methoxy groups -OCH3 is 1. The number of hydrogen-bond donors (Lipinski definition) is 0. The molecule has 2 aromatic carbocycles. The number of Topliss-reactive ketones (excluding diaryl/α,β-unsaturated/α-hetero) is 1.